The Morgan fingerprint density at radius 1 is 1.35 bits per heavy atom. The number of carboxylic acid groups (broad SMARTS) is 1. The summed E-state index contributed by atoms with van der Waals surface area (Å²) < 4.78 is 0.630. The lowest BCUT2D eigenvalue weighted by atomic mass is 9.99. The fourth-order valence-electron chi connectivity index (χ4n) is 2.34. The van der Waals surface area contributed by atoms with Crippen LogP contribution in [0, 0.1) is 15.4 Å². The predicted molar refractivity (Wildman–Crippen MR) is 85.4 cm³/mol. The van der Waals surface area contributed by atoms with E-state index in [1.165, 1.54) is 0 Å². The van der Waals surface area contributed by atoms with Crippen LogP contribution in [0.1, 0.15) is 17.3 Å². The van der Waals surface area contributed by atoms with Gasteiger partial charge in [-0.2, -0.15) is 0 Å². The maximum Gasteiger partial charge on any atom is 0.308 e. The summed E-state index contributed by atoms with van der Waals surface area (Å²) in [7, 11) is 0. The zero-order chi connectivity index (χ0) is 15.0. The summed E-state index contributed by atoms with van der Waals surface area (Å²) in [5, 5.41) is 9.92. The quantitative estimate of drug-likeness (QED) is 0.581. The number of aliphatic carboxylic acids is 1. The van der Waals surface area contributed by atoms with E-state index in [9.17, 15) is 9.59 Å². The van der Waals surface area contributed by atoms with E-state index in [-0.39, 0.29) is 18.4 Å². The van der Waals surface area contributed by atoms with E-state index in [0.717, 1.165) is 0 Å². The number of carbonyl (C=O) groups excluding carboxylic acids is 1. The molecule has 7 heteroatoms. The van der Waals surface area contributed by atoms with Gasteiger partial charge in [0.25, 0.3) is 5.91 Å². The van der Waals surface area contributed by atoms with Gasteiger partial charge in [-0.15, -0.1) is 0 Å². The molecule has 0 unspecified atom stereocenters. The van der Waals surface area contributed by atoms with Crippen molar-refractivity contribution in [2.75, 3.05) is 13.1 Å². The summed E-state index contributed by atoms with van der Waals surface area (Å²) in [6, 6.07) is 3.14. The molecule has 20 heavy (non-hydrogen) atoms. The molecule has 0 radical (unpaired) electrons. The molecule has 0 saturated carbocycles. The van der Waals surface area contributed by atoms with Gasteiger partial charge in [0, 0.05) is 21.7 Å². The Morgan fingerprint density at radius 3 is 2.55 bits per heavy atom. The van der Waals surface area contributed by atoms with Crippen LogP contribution in [0.5, 0.6) is 0 Å². The maximum atomic E-state index is 12.5. The van der Waals surface area contributed by atoms with Crippen LogP contribution in [0.2, 0.25) is 10.0 Å². The molecule has 2 rings (SSSR count). The number of likely N-dealkylation sites (tertiary alicyclic amines) is 1. The second-order valence-corrected chi connectivity index (χ2v) is 6.80. The van der Waals surface area contributed by atoms with Crippen LogP contribution >= 0.6 is 45.8 Å². The number of hydrogen-bond acceptors (Lipinski definition) is 2. The van der Waals surface area contributed by atoms with Crippen LogP contribution in [0.4, 0.5) is 0 Å². The summed E-state index contributed by atoms with van der Waals surface area (Å²) in [5.74, 6) is -1.68. The minimum atomic E-state index is -0.869. The molecule has 0 bridgehead atoms. The van der Waals surface area contributed by atoms with E-state index >= 15 is 0 Å². The number of hydrogen-bond donors (Lipinski definition) is 1. The Hall–Kier alpha value is -0.530. The highest BCUT2D eigenvalue weighted by molar-refractivity contribution is 14.1. The van der Waals surface area contributed by atoms with Gasteiger partial charge in [0.1, 0.15) is 0 Å². The van der Waals surface area contributed by atoms with E-state index < -0.39 is 11.9 Å². The monoisotopic (exact) mass is 427 g/mol. The van der Waals surface area contributed by atoms with Crippen LogP contribution in [-0.2, 0) is 4.79 Å². The van der Waals surface area contributed by atoms with Crippen molar-refractivity contribution in [3.8, 4) is 0 Å². The Kier molecular flexibility index (Phi) is 4.81. The smallest absolute Gasteiger partial charge is 0.308 e. The van der Waals surface area contributed by atoms with Crippen LogP contribution in [0.15, 0.2) is 12.1 Å². The number of carboxylic acids is 1. The van der Waals surface area contributed by atoms with E-state index in [1.807, 2.05) is 29.5 Å². The first-order valence-electron chi connectivity index (χ1n) is 5.98. The van der Waals surface area contributed by atoms with Gasteiger partial charge in [0.15, 0.2) is 0 Å². The lowest BCUT2D eigenvalue weighted by Gasteiger charge is -2.17. The molecular weight excluding hydrogens is 416 g/mol. The van der Waals surface area contributed by atoms with Crippen molar-refractivity contribution in [3.05, 3.63) is 31.3 Å². The zero-order valence-corrected chi connectivity index (χ0v) is 14.2. The van der Waals surface area contributed by atoms with Crippen molar-refractivity contribution in [1.29, 1.82) is 0 Å². The van der Waals surface area contributed by atoms with Crippen LogP contribution in [-0.4, -0.2) is 35.0 Å². The van der Waals surface area contributed by atoms with E-state index in [2.05, 4.69) is 0 Å². The van der Waals surface area contributed by atoms with Crippen molar-refractivity contribution in [3.63, 3.8) is 0 Å². The number of carbonyl (C=O) groups is 2. The second-order valence-electron chi connectivity index (χ2n) is 4.88. The van der Waals surface area contributed by atoms with Crippen molar-refractivity contribution >= 4 is 57.7 Å². The lowest BCUT2D eigenvalue weighted by Crippen LogP contribution is -2.30. The first-order valence-corrected chi connectivity index (χ1v) is 7.81. The number of amides is 1. The molecule has 1 heterocycles. The Morgan fingerprint density at radius 2 is 2.00 bits per heavy atom. The van der Waals surface area contributed by atoms with Gasteiger partial charge in [-0.25, -0.2) is 0 Å². The molecule has 1 aromatic carbocycles. The minimum absolute atomic E-state index is 0.0660. The Balaban J connectivity index is 2.28. The summed E-state index contributed by atoms with van der Waals surface area (Å²) in [5.41, 5.74) is 0.418. The van der Waals surface area contributed by atoms with Gasteiger partial charge >= 0.3 is 5.97 Å². The third kappa shape index (κ3) is 3.04. The van der Waals surface area contributed by atoms with Crippen molar-refractivity contribution in [2.24, 2.45) is 11.8 Å². The number of benzene rings is 1. The van der Waals surface area contributed by atoms with Gasteiger partial charge in [-0.05, 0) is 40.6 Å². The highest BCUT2D eigenvalue weighted by Crippen LogP contribution is 2.30. The summed E-state index contributed by atoms with van der Waals surface area (Å²) >= 11 is 13.9. The fourth-order valence-corrected chi connectivity index (χ4v) is 3.37. The molecule has 1 amide bonds. The van der Waals surface area contributed by atoms with Crippen LogP contribution < -0.4 is 0 Å². The number of rotatable bonds is 2. The molecule has 1 aliphatic rings. The molecule has 1 N–H and O–H groups in total. The third-order valence-electron chi connectivity index (χ3n) is 3.44. The second kappa shape index (κ2) is 6.07. The molecule has 4 nitrogen and oxygen atoms in total. The molecule has 1 fully saturated rings. The topological polar surface area (TPSA) is 57.6 Å². The highest BCUT2D eigenvalue weighted by Gasteiger charge is 2.37. The first kappa shape index (κ1) is 15.9. The molecular formula is C13H12Cl2INO3. The van der Waals surface area contributed by atoms with E-state index in [4.69, 9.17) is 28.3 Å². The normalized spacial score (nSPS) is 22.1. The molecule has 2 atom stereocenters. The van der Waals surface area contributed by atoms with Gasteiger partial charge < -0.3 is 10.0 Å². The van der Waals surface area contributed by atoms with Crippen molar-refractivity contribution in [2.45, 2.75) is 6.92 Å². The average Bonchev–Trinajstić information content (AvgIpc) is 2.75. The molecule has 1 saturated heterocycles. The average molecular weight is 428 g/mol. The summed E-state index contributed by atoms with van der Waals surface area (Å²) in [4.78, 5) is 25.2. The van der Waals surface area contributed by atoms with Crippen molar-refractivity contribution < 1.29 is 14.7 Å². The first-order chi connectivity index (χ1) is 9.31. The number of nitrogens with zero attached hydrogens (tertiary/aromatic N) is 1. The standard InChI is InChI=1S/C13H12Cl2INO3/c1-6-4-17(5-9(6)13(19)20)12(18)8-2-7(14)3-10(15)11(8)16/h2-3,6,9H,4-5H2,1H3,(H,19,20)/t6-,9-/m1/s1. The fraction of sp³-hybridized carbons (Fsp3) is 0.385. The van der Waals surface area contributed by atoms with Crippen LogP contribution in [0.25, 0.3) is 0 Å². The van der Waals surface area contributed by atoms with Gasteiger partial charge in [0.05, 0.1) is 16.5 Å². The molecule has 0 spiro atoms. The van der Waals surface area contributed by atoms with E-state index in [1.54, 1.807) is 17.0 Å². The largest absolute Gasteiger partial charge is 0.481 e. The SMILES string of the molecule is C[C@@H]1CN(C(=O)c2cc(Cl)cc(Cl)c2I)C[C@H]1C(=O)O. The molecule has 108 valence electrons. The van der Waals surface area contributed by atoms with Crippen LogP contribution in [0.3, 0.4) is 0 Å². The van der Waals surface area contributed by atoms with Gasteiger partial charge in [0.2, 0.25) is 0 Å². The van der Waals surface area contributed by atoms with E-state index in [0.29, 0.717) is 25.7 Å². The predicted octanol–water partition coefficient (Wildman–Crippen LogP) is 3.39. The number of halogens is 3. The summed E-state index contributed by atoms with van der Waals surface area (Å²) in [6.07, 6.45) is 0. The minimum Gasteiger partial charge on any atom is -0.481 e. The maximum absolute atomic E-state index is 12.5. The molecule has 1 aliphatic heterocycles. The van der Waals surface area contributed by atoms with Crippen molar-refractivity contribution in [1.82, 2.24) is 4.90 Å². The summed E-state index contributed by atoms with van der Waals surface area (Å²) in [6.45, 7) is 2.48. The van der Waals surface area contributed by atoms with Gasteiger partial charge in [-0.3, -0.25) is 9.59 Å². The zero-order valence-electron chi connectivity index (χ0n) is 10.6. The molecule has 0 aliphatic carbocycles. The third-order valence-corrected chi connectivity index (χ3v) is 5.44. The highest BCUT2D eigenvalue weighted by atomic mass is 127. The lowest BCUT2D eigenvalue weighted by molar-refractivity contribution is -0.142. The Bertz CT molecular complexity index is 579. The molecule has 1 aromatic rings. The van der Waals surface area contributed by atoms with Gasteiger partial charge in [-0.1, -0.05) is 30.1 Å². The molecule has 0 aromatic heterocycles. The Labute approximate surface area is 140 Å².